The Labute approximate surface area is 106 Å². The van der Waals surface area contributed by atoms with Gasteiger partial charge in [0.1, 0.15) is 0 Å². The summed E-state index contributed by atoms with van der Waals surface area (Å²) >= 11 is 0. The topological polar surface area (TPSA) is 81.2 Å². The van der Waals surface area contributed by atoms with Crippen molar-refractivity contribution in [3.63, 3.8) is 0 Å². The highest BCUT2D eigenvalue weighted by molar-refractivity contribution is 5.36. The van der Waals surface area contributed by atoms with Gasteiger partial charge in [-0.15, -0.1) is 0 Å². The number of hydrogen-bond acceptors (Lipinski definition) is 7. The predicted octanol–water partition coefficient (Wildman–Crippen LogP) is 0.903. The molecule has 1 aromatic heterocycles. The van der Waals surface area contributed by atoms with Gasteiger partial charge in [-0.05, 0) is 19.8 Å². The molecule has 7 nitrogen and oxygen atoms in total. The van der Waals surface area contributed by atoms with E-state index in [1.807, 2.05) is 6.92 Å². The predicted molar refractivity (Wildman–Crippen MR) is 68.0 cm³/mol. The molecule has 1 atom stereocenters. The Balaban J connectivity index is 2.07. The van der Waals surface area contributed by atoms with Gasteiger partial charge in [0, 0.05) is 13.7 Å². The molecule has 1 fully saturated rings. The SMILES string of the molecule is CCOc1nc(NC)nc(NC2CCCOC2)n1. The van der Waals surface area contributed by atoms with E-state index in [1.165, 1.54) is 0 Å². The Morgan fingerprint density at radius 3 is 2.83 bits per heavy atom. The number of nitrogens with zero attached hydrogens (tertiary/aromatic N) is 3. The maximum absolute atomic E-state index is 5.41. The summed E-state index contributed by atoms with van der Waals surface area (Å²) in [6, 6.07) is 0.580. The van der Waals surface area contributed by atoms with Gasteiger partial charge in [-0.2, -0.15) is 15.0 Å². The molecule has 0 bridgehead atoms. The molecule has 0 amide bonds. The number of aromatic nitrogens is 3. The third-order valence-corrected chi connectivity index (χ3v) is 2.61. The molecule has 7 heteroatoms. The minimum absolute atomic E-state index is 0.250. The van der Waals surface area contributed by atoms with E-state index in [-0.39, 0.29) is 6.04 Å². The fraction of sp³-hybridized carbons (Fsp3) is 0.727. The van der Waals surface area contributed by atoms with Crippen LogP contribution >= 0.6 is 0 Å². The molecule has 1 aliphatic heterocycles. The highest BCUT2D eigenvalue weighted by atomic mass is 16.5. The average Bonchev–Trinajstić information content (AvgIpc) is 2.40. The molecule has 1 aromatic rings. The standard InChI is InChI=1S/C11H19N5O2/c1-3-18-11-15-9(12-2)14-10(16-11)13-8-5-4-6-17-7-8/h8H,3-7H2,1-2H3,(H2,12,13,14,15,16). The zero-order valence-corrected chi connectivity index (χ0v) is 10.8. The van der Waals surface area contributed by atoms with E-state index in [9.17, 15) is 0 Å². The molecule has 1 saturated heterocycles. The van der Waals surface area contributed by atoms with Crippen LogP contribution in [0.2, 0.25) is 0 Å². The third-order valence-electron chi connectivity index (χ3n) is 2.61. The molecule has 0 spiro atoms. The summed E-state index contributed by atoms with van der Waals surface area (Å²) < 4.78 is 10.7. The van der Waals surface area contributed by atoms with E-state index in [0.717, 1.165) is 19.4 Å². The Morgan fingerprint density at radius 2 is 2.17 bits per heavy atom. The van der Waals surface area contributed by atoms with Gasteiger partial charge >= 0.3 is 6.01 Å². The largest absolute Gasteiger partial charge is 0.464 e. The first-order chi connectivity index (χ1) is 8.81. The Hall–Kier alpha value is -1.63. The van der Waals surface area contributed by atoms with Crippen molar-refractivity contribution >= 4 is 11.9 Å². The second-order valence-electron chi connectivity index (χ2n) is 4.01. The minimum atomic E-state index is 0.250. The van der Waals surface area contributed by atoms with Gasteiger partial charge in [0.2, 0.25) is 11.9 Å². The van der Waals surface area contributed by atoms with Crippen LogP contribution in [0.4, 0.5) is 11.9 Å². The zero-order chi connectivity index (χ0) is 12.8. The fourth-order valence-corrected chi connectivity index (χ4v) is 1.76. The molecule has 2 heterocycles. The van der Waals surface area contributed by atoms with Gasteiger partial charge in [-0.25, -0.2) is 0 Å². The molecule has 18 heavy (non-hydrogen) atoms. The lowest BCUT2D eigenvalue weighted by atomic mass is 10.1. The first kappa shape index (κ1) is 12.8. The highest BCUT2D eigenvalue weighted by Gasteiger charge is 2.16. The lowest BCUT2D eigenvalue weighted by Gasteiger charge is -2.23. The third kappa shape index (κ3) is 3.43. The molecule has 0 saturated carbocycles. The summed E-state index contributed by atoms with van der Waals surface area (Å²) in [5, 5.41) is 6.14. The van der Waals surface area contributed by atoms with Crippen molar-refractivity contribution in [3.05, 3.63) is 0 Å². The number of nitrogens with one attached hydrogen (secondary N) is 2. The van der Waals surface area contributed by atoms with Crippen LogP contribution in [0.5, 0.6) is 6.01 Å². The summed E-state index contributed by atoms with van der Waals surface area (Å²) in [7, 11) is 1.76. The molecule has 100 valence electrons. The van der Waals surface area contributed by atoms with Crippen molar-refractivity contribution in [2.75, 3.05) is 37.5 Å². The summed E-state index contributed by atoms with van der Waals surface area (Å²) in [5.74, 6) is 1.01. The van der Waals surface area contributed by atoms with Crippen LogP contribution in [-0.4, -0.2) is 47.9 Å². The number of ether oxygens (including phenoxy) is 2. The average molecular weight is 253 g/mol. The Bertz CT molecular complexity index is 382. The summed E-state index contributed by atoms with van der Waals surface area (Å²) in [6.07, 6.45) is 2.12. The number of hydrogen-bond donors (Lipinski definition) is 2. The van der Waals surface area contributed by atoms with E-state index < -0.39 is 0 Å². The van der Waals surface area contributed by atoms with Gasteiger partial charge < -0.3 is 20.1 Å². The molecule has 2 rings (SSSR count). The van der Waals surface area contributed by atoms with Crippen LogP contribution in [0.1, 0.15) is 19.8 Å². The van der Waals surface area contributed by atoms with Crippen molar-refractivity contribution in [1.29, 1.82) is 0 Å². The molecule has 2 N–H and O–H groups in total. The minimum Gasteiger partial charge on any atom is -0.464 e. The Kier molecular flexibility index (Phi) is 4.52. The van der Waals surface area contributed by atoms with Crippen molar-refractivity contribution in [3.8, 4) is 6.01 Å². The Morgan fingerprint density at radius 1 is 1.33 bits per heavy atom. The van der Waals surface area contributed by atoms with Crippen LogP contribution in [0, 0.1) is 0 Å². The maximum atomic E-state index is 5.41. The monoisotopic (exact) mass is 253 g/mol. The van der Waals surface area contributed by atoms with E-state index in [4.69, 9.17) is 9.47 Å². The first-order valence-electron chi connectivity index (χ1n) is 6.22. The normalized spacial score (nSPS) is 19.3. The van der Waals surface area contributed by atoms with Crippen LogP contribution in [0.3, 0.4) is 0 Å². The van der Waals surface area contributed by atoms with Gasteiger partial charge in [0.15, 0.2) is 0 Å². The van der Waals surface area contributed by atoms with Crippen molar-refractivity contribution < 1.29 is 9.47 Å². The van der Waals surface area contributed by atoms with Gasteiger partial charge in [0.25, 0.3) is 0 Å². The summed E-state index contributed by atoms with van der Waals surface area (Å²) in [5.41, 5.74) is 0. The van der Waals surface area contributed by atoms with Gasteiger partial charge in [-0.3, -0.25) is 0 Å². The van der Waals surface area contributed by atoms with Crippen LogP contribution in [0.15, 0.2) is 0 Å². The highest BCUT2D eigenvalue weighted by Crippen LogP contribution is 2.14. The van der Waals surface area contributed by atoms with Crippen LogP contribution < -0.4 is 15.4 Å². The van der Waals surface area contributed by atoms with E-state index in [1.54, 1.807) is 7.05 Å². The fourth-order valence-electron chi connectivity index (χ4n) is 1.76. The van der Waals surface area contributed by atoms with Crippen molar-refractivity contribution in [1.82, 2.24) is 15.0 Å². The quantitative estimate of drug-likeness (QED) is 0.807. The van der Waals surface area contributed by atoms with Gasteiger partial charge in [0.05, 0.1) is 19.3 Å². The van der Waals surface area contributed by atoms with E-state index >= 15 is 0 Å². The van der Waals surface area contributed by atoms with Crippen LogP contribution in [-0.2, 0) is 4.74 Å². The lowest BCUT2D eigenvalue weighted by Crippen LogP contribution is -2.31. The van der Waals surface area contributed by atoms with Crippen LogP contribution in [0.25, 0.3) is 0 Å². The summed E-state index contributed by atoms with van der Waals surface area (Å²) in [6.45, 7) is 3.94. The van der Waals surface area contributed by atoms with Crippen molar-refractivity contribution in [2.24, 2.45) is 0 Å². The molecule has 0 aromatic carbocycles. The maximum Gasteiger partial charge on any atom is 0.323 e. The van der Waals surface area contributed by atoms with Crippen molar-refractivity contribution in [2.45, 2.75) is 25.8 Å². The molecule has 0 aliphatic carbocycles. The van der Waals surface area contributed by atoms with E-state index in [2.05, 4.69) is 25.6 Å². The smallest absolute Gasteiger partial charge is 0.323 e. The summed E-state index contributed by atoms with van der Waals surface area (Å²) in [4.78, 5) is 12.6. The zero-order valence-electron chi connectivity index (χ0n) is 10.8. The molecule has 1 aliphatic rings. The molecule has 0 radical (unpaired) electrons. The molecular formula is C11H19N5O2. The second kappa shape index (κ2) is 6.34. The second-order valence-corrected chi connectivity index (χ2v) is 4.01. The number of anilines is 2. The lowest BCUT2D eigenvalue weighted by molar-refractivity contribution is 0.0873. The molecule has 1 unspecified atom stereocenters. The molecular weight excluding hydrogens is 234 g/mol. The first-order valence-corrected chi connectivity index (χ1v) is 6.22. The van der Waals surface area contributed by atoms with E-state index in [0.29, 0.717) is 31.1 Å². The number of rotatable bonds is 5. The van der Waals surface area contributed by atoms with Gasteiger partial charge in [-0.1, -0.05) is 0 Å².